The Hall–Kier alpha value is -2.33. The summed E-state index contributed by atoms with van der Waals surface area (Å²) >= 11 is 0. The van der Waals surface area contributed by atoms with Crippen molar-refractivity contribution in [2.75, 3.05) is 13.6 Å². The minimum atomic E-state index is -0.0928. The Labute approximate surface area is 155 Å². The van der Waals surface area contributed by atoms with Crippen LogP contribution in [0.2, 0.25) is 0 Å². The maximum atomic E-state index is 12.8. The summed E-state index contributed by atoms with van der Waals surface area (Å²) in [5.41, 5.74) is 4.54. The molecule has 0 bridgehead atoms. The van der Waals surface area contributed by atoms with E-state index < -0.39 is 0 Å². The first kappa shape index (κ1) is 18.5. The van der Waals surface area contributed by atoms with Crippen LogP contribution in [-0.2, 0) is 5.41 Å². The lowest BCUT2D eigenvalue weighted by molar-refractivity contribution is 0.0926. The van der Waals surface area contributed by atoms with Crippen molar-refractivity contribution >= 4 is 5.91 Å². The van der Waals surface area contributed by atoms with Crippen LogP contribution in [0.1, 0.15) is 48.5 Å². The van der Waals surface area contributed by atoms with Crippen LogP contribution in [0, 0.1) is 5.92 Å². The normalized spacial score (nSPS) is 22.6. The summed E-state index contributed by atoms with van der Waals surface area (Å²) in [7, 11) is 1.68. The van der Waals surface area contributed by atoms with Crippen molar-refractivity contribution in [2.45, 2.75) is 38.0 Å². The Bertz CT molecular complexity index is 722. The summed E-state index contributed by atoms with van der Waals surface area (Å²) < 4.78 is 0. The van der Waals surface area contributed by atoms with Gasteiger partial charge >= 0.3 is 0 Å². The van der Waals surface area contributed by atoms with Crippen molar-refractivity contribution in [2.24, 2.45) is 5.92 Å². The predicted molar refractivity (Wildman–Crippen MR) is 104 cm³/mol. The summed E-state index contributed by atoms with van der Waals surface area (Å²) in [6.45, 7) is 2.97. The number of carbonyl (C=O) groups excluding carboxylic acids is 1. The first-order chi connectivity index (χ1) is 12.6. The zero-order valence-corrected chi connectivity index (χ0v) is 15.6. The molecule has 1 fully saturated rings. The van der Waals surface area contributed by atoms with Gasteiger partial charge in [-0.3, -0.25) is 4.79 Å². The van der Waals surface area contributed by atoms with E-state index in [9.17, 15) is 4.79 Å². The van der Waals surface area contributed by atoms with E-state index in [1.165, 1.54) is 18.4 Å². The minimum absolute atomic E-state index is 0.0161. The van der Waals surface area contributed by atoms with E-state index in [2.05, 4.69) is 42.0 Å². The van der Waals surface area contributed by atoms with Crippen LogP contribution in [0.3, 0.4) is 0 Å². The van der Waals surface area contributed by atoms with Crippen molar-refractivity contribution < 1.29 is 9.63 Å². The number of nitrogens with one attached hydrogen (secondary N) is 2. The summed E-state index contributed by atoms with van der Waals surface area (Å²) in [4.78, 5) is 18.2. The van der Waals surface area contributed by atoms with Gasteiger partial charge in [-0.15, -0.1) is 0 Å². The molecule has 0 aliphatic heterocycles. The number of para-hydroxylation sites is 1. The van der Waals surface area contributed by atoms with Crippen LogP contribution in [0.5, 0.6) is 5.75 Å². The molecular weight excluding hydrogens is 324 g/mol. The molecule has 0 saturated heterocycles. The molecule has 0 spiro atoms. The third-order valence-electron chi connectivity index (χ3n) is 5.55. The lowest BCUT2D eigenvalue weighted by Gasteiger charge is -2.40. The molecule has 0 unspecified atom stereocenters. The van der Waals surface area contributed by atoms with E-state index in [0.717, 1.165) is 18.8 Å². The molecule has 138 valence electrons. The largest absolute Gasteiger partial charge is 0.408 e. The first-order valence-corrected chi connectivity index (χ1v) is 9.41. The Kier molecular flexibility index (Phi) is 5.94. The molecule has 0 heterocycles. The standard InChI is InChI=1S/C22H28N2O2/c1-17-12-14-22(15-13-17,18-8-4-3-5-9-18)16-24-21(25)19-10-6-7-11-20(19)26-23-2/h3-11,17,23H,12-16H2,1-2H3,(H,24,25). The number of hydroxylamine groups is 1. The Balaban J connectivity index is 1.77. The molecule has 0 aromatic heterocycles. The van der Waals surface area contributed by atoms with Crippen LogP contribution >= 0.6 is 0 Å². The van der Waals surface area contributed by atoms with Gasteiger partial charge in [-0.2, -0.15) is 5.48 Å². The SMILES string of the molecule is CNOc1ccccc1C(=O)NCC1(c2ccccc2)CCC(C)CC1. The summed E-state index contributed by atoms with van der Waals surface area (Å²) in [5.74, 6) is 1.20. The topological polar surface area (TPSA) is 50.4 Å². The van der Waals surface area contributed by atoms with E-state index in [-0.39, 0.29) is 11.3 Å². The lowest BCUT2D eigenvalue weighted by Crippen LogP contribution is -2.43. The zero-order valence-electron chi connectivity index (χ0n) is 15.6. The maximum Gasteiger partial charge on any atom is 0.255 e. The van der Waals surface area contributed by atoms with Crippen LogP contribution < -0.4 is 15.6 Å². The summed E-state index contributed by atoms with van der Waals surface area (Å²) in [5, 5.41) is 3.17. The molecule has 1 saturated carbocycles. The highest BCUT2D eigenvalue weighted by Gasteiger charge is 2.36. The van der Waals surface area contributed by atoms with Gasteiger partial charge < -0.3 is 10.2 Å². The molecule has 26 heavy (non-hydrogen) atoms. The van der Waals surface area contributed by atoms with Crippen LogP contribution in [0.4, 0.5) is 0 Å². The average Bonchev–Trinajstić information content (AvgIpc) is 2.69. The summed E-state index contributed by atoms with van der Waals surface area (Å²) in [6, 6.07) is 17.9. The van der Waals surface area contributed by atoms with E-state index in [0.29, 0.717) is 17.9 Å². The third-order valence-corrected chi connectivity index (χ3v) is 5.55. The summed E-state index contributed by atoms with van der Waals surface area (Å²) in [6.07, 6.45) is 4.61. The number of hydrogen-bond donors (Lipinski definition) is 2. The highest BCUT2D eigenvalue weighted by Crippen LogP contribution is 2.41. The van der Waals surface area contributed by atoms with Crippen molar-refractivity contribution in [3.05, 3.63) is 65.7 Å². The van der Waals surface area contributed by atoms with Gasteiger partial charge in [-0.25, -0.2) is 0 Å². The Morgan fingerprint density at radius 2 is 1.73 bits per heavy atom. The highest BCUT2D eigenvalue weighted by atomic mass is 16.6. The minimum Gasteiger partial charge on any atom is -0.408 e. The number of carbonyl (C=O) groups is 1. The van der Waals surface area contributed by atoms with Crippen molar-refractivity contribution in [3.63, 3.8) is 0 Å². The number of amides is 1. The van der Waals surface area contributed by atoms with Gasteiger partial charge in [0.1, 0.15) is 0 Å². The molecule has 4 nitrogen and oxygen atoms in total. The molecule has 0 radical (unpaired) electrons. The van der Waals surface area contributed by atoms with Gasteiger partial charge in [0.2, 0.25) is 0 Å². The van der Waals surface area contributed by atoms with Crippen molar-refractivity contribution in [1.82, 2.24) is 10.8 Å². The third kappa shape index (κ3) is 4.07. The molecule has 1 amide bonds. The molecule has 2 N–H and O–H groups in total. The van der Waals surface area contributed by atoms with Crippen LogP contribution in [-0.4, -0.2) is 19.5 Å². The predicted octanol–water partition coefficient (Wildman–Crippen LogP) is 4.08. The first-order valence-electron chi connectivity index (χ1n) is 9.41. The fourth-order valence-corrected chi connectivity index (χ4v) is 3.87. The Morgan fingerprint density at radius 3 is 2.42 bits per heavy atom. The molecule has 4 heteroatoms. The second-order valence-corrected chi connectivity index (χ2v) is 7.31. The highest BCUT2D eigenvalue weighted by molar-refractivity contribution is 5.96. The average molecular weight is 352 g/mol. The lowest BCUT2D eigenvalue weighted by atomic mass is 9.67. The zero-order chi connectivity index (χ0) is 18.4. The molecule has 3 rings (SSSR count). The van der Waals surface area contributed by atoms with Gasteiger partial charge in [0, 0.05) is 19.0 Å². The van der Waals surface area contributed by atoms with E-state index in [1.54, 1.807) is 19.2 Å². The van der Waals surface area contributed by atoms with Gasteiger partial charge in [0.05, 0.1) is 5.56 Å². The molecule has 1 aliphatic carbocycles. The van der Waals surface area contributed by atoms with E-state index in [1.807, 2.05) is 18.2 Å². The molecule has 0 atom stereocenters. The second-order valence-electron chi connectivity index (χ2n) is 7.31. The number of rotatable bonds is 6. The van der Waals surface area contributed by atoms with Gasteiger partial charge in [-0.05, 0) is 49.3 Å². The van der Waals surface area contributed by atoms with Crippen molar-refractivity contribution in [3.8, 4) is 5.75 Å². The fourth-order valence-electron chi connectivity index (χ4n) is 3.87. The van der Waals surface area contributed by atoms with E-state index >= 15 is 0 Å². The van der Waals surface area contributed by atoms with Crippen molar-refractivity contribution in [1.29, 1.82) is 0 Å². The molecular formula is C22H28N2O2. The quantitative estimate of drug-likeness (QED) is 0.770. The molecule has 2 aromatic rings. The fraction of sp³-hybridized carbons (Fsp3) is 0.409. The molecule has 1 aliphatic rings. The number of hydrogen-bond acceptors (Lipinski definition) is 3. The van der Waals surface area contributed by atoms with E-state index in [4.69, 9.17) is 4.84 Å². The second kappa shape index (κ2) is 8.37. The van der Waals surface area contributed by atoms with Gasteiger partial charge in [0.25, 0.3) is 5.91 Å². The number of benzene rings is 2. The van der Waals surface area contributed by atoms with Crippen LogP contribution in [0.25, 0.3) is 0 Å². The van der Waals surface area contributed by atoms with Gasteiger partial charge in [-0.1, -0.05) is 49.4 Å². The smallest absolute Gasteiger partial charge is 0.255 e. The molecule has 2 aromatic carbocycles. The van der Waals surface area contributed by atoms with Gasteiger partial charge in [0.15, 0.2) is 5.75 Å². The Morgan fingerprint density at radius 1 is 1.08 bits per heavy atom. The maximum absolute atomic E-state index is 12.8. The van der Waals surface area contributed by atoms with Crippen LogP contribution in [0.15, 0.2) is 54.6 Å². The monoisotopic (exact) mass is 352 g/mol.